The zero-order valence-electron chi connectivity index (χ0n) is 19.5. The highest BCUT2D eigenvalue weighted by Crippen LogP contribution is 2.10. The van der Waals surface area contributed by atoms with Gasteiger partial charge in [0.15, 0.2) is 5.96 Å². The van der Waals surface area contributed by atoms with E-state index in [1.165, 1.54) is 0 Å². The molecular formula is C20H39IN6O3S. The van der Waals surface area contributed by atoms with E-state index in [0.717, 1.165) is 24.9 Å². The summed E-state index contributed by atoms with van der Waals surface area (Å²) in [7, 11) is -3.30. The molecule has 1 N–H and O–H groups in total. The Morgan fingerprint density at radius 2 is 1.90 bits per heavy atom. The lowest BCUT2D eigenvalue weighted by molar-refractivity contribution is 0.0904. The number of halogens is 1. The SMILES string of the molecule is CCNC(=NCc1nccn1CC(C)C)N1CCN(S(=O)(=O)CCOC(C)C)CC1.I. The lowest BCUT2D eigenvalue weighted by Crippen LogP contribution is -2.54. The van der Waals surface area contributed by atoms with E-state index in [1.54, 1.807) is 4.31 Å². The van der Waals surface area contributed by atoms with Gasteiger partial charge in [-0.15, -0.1) is 24.0 Å². The Bertz CT molecular complexity index is 774. The molecule has 1 saturated heterocycles. The van der Waals surface area contributed by atoms with E-state index >= 15 is 0 Å². The number of aromatic nitrogens is 2. The standard InChI is InChI=1S/C20H38N6O3S.HI/c1-6-21-20(23-15-19-22-7-8-25(19)16-17(2)3)24-9-11-26(12-10-24)30(27,28)14-13-29-18(4)5;/h7-8,17-18H,6,9-16H2,1-5H3,(H,21,23);1H. The van der Waals surface area contributed by atoms with Gasteiger partial charge in [-0.2, -0.15) is 4.31 Å². The van der Waals surface area contributed by atoms with E-state index in [4.69, 9.17) is 9.73 Å². The summed E-state index contributed by atoms with van der Waals surface area (Å²) in [5.41, 5.74) is 0. The highest BCUT2D eigenvalue weighted by atomic mass is 127. The van der Waals surface area contributed by atoms with E-state index in [1.807, 2.05) is 33.2 Å². The number of hydrogen-bond acceptors (Lipinski definition) is 5. The molecule has 1 fully saturated rings. The van der Waals surface area contributed by atoms with E-state index in [9.17, 15) is 8.42 Å². The summed E-state index contributed by atoms with van der Waals surface area (Å²) in [6.45, 7) is 14.7. The van der Waals surface area contributed by atoms with Gasteiger partial charge in [0.05, 0.1) is 18.5 Å². The summed E-state index contributed by atoms with van der Waals surface area (Å²) in [4.78, 5) is 11.3. The van der Waals surface area contributed by atoms with Crippen molar-refractivity contribution in [1.82, 2.24) is 24.1 Å². The third-order valence-electron chi connectivity index (χ3n) is 4.79. The summed E-state index contributed by atoms with van der Waals surface area (Å²) < 4.78 is 34.2. The number of hydrogen-bond donors (Lipinski definition) is 1. The molecule has 0 saturated carbocycles. The van der Waals surface area contributed by atoms with Gasteiger partial charge in [0.2, 0.25) is 10.0 Å². The second-order valence-electron chi connectivity index (χ2n) is 8.18. The monoisotopic (exact) mass is 570 g/mol. The van der Waals surface area contributed by atoms with Crippen molar-refractivity contribution in [2.24, 2.45) is 10.9 Å². The molecule has 1 aromatic heterocycles. The van der Waals surface area contributed by atoms with Gasteiger partial charge in [0.1, 0.15) is 12.4 Å². The van der Waals surface area contributed by atoms with Gasteiger partial charge in [-0.25, -0.2) is 18.4 Å². The highest BCUT2D eigenvalue weighted by molar-refractivity contribution is 14.0. The number of sulfonamides is 1. The zero-order valence-corrected chi connectivity index (χ0v) is 22.6. The molecule has 0 radical (unpaired) electrons. The van der Waals surface area contributed by atoms with E-state index < -0.39 is 10.0 Å². The smallest absolute Gasteiger partial charge is 0.216 e. The maximum absolute atomic E-state index is 12.5. The van der Waals surface area contributed by atoms with E-state index in [2.05, 4.69) is 33.6 Å². The molecule has 0 unspecified atom stereocenters. The van der Waals surface area contributed by atoms with Gasteiger partial charge in [0.25, 0.3) is 0 Å². The Morgan fingerprint density at radius 3 is 2.48 bits per heavy atom. The van der Waals surface area contributed by atoms with Crippen LogP contribution in [0.3, 0.4) is 0 Å². The van der Waals surface area contributed by atoms with Crippen molar-refractivity contribution in [1.29, 1.82) is 0 Å². The molecule has 0 aliphatic carbocycles. The second kappa shape index (κ2) is 13.6. The molecule has 0 atom stereocenters. The number of ether oxygens (including phenoxy) is 1. The van der Waals surface area contributed by atoms with Crippen LogP contribution in [0.5, 0.6) is 0 Å². The Hall–Kier alpha value is -0.920. The van der Waals surface area contributed by atoms with Crippen molar-refractivity contribution in [2.75, 3.05) is 45.1 Å². The van der Waals surface area contributed by atoms with Crippen LogP contribution in [-0.4, -0.2) is 84.3 Å². The minimum absolute atomic E-state index is 0. The van der Waals surface area contributed by atoms with Crippen molar-refractivity contribution >= 4 is 40.0 Å². The van der Waals surface area contributed by atoms with Crippen LogP contribution >= 0.6 is 24.0 Å². The first kappa shape index (κ1) is 28.1. The second-order valence-corrected chi connectivity index (χ2v) is 10.3. The fraction of sp³-hybridized carbons (Fsp3) is 0.800. The fourth-order valence-electron chi connectivity index (χ4n) is 3.32. The number of rotatable bonds is 10. The lowest BCUT2D eigenvalue weighted by Gasteiger charge is -2.35. The molecule has 0 bridgehead atoms. The molecule has 2 heterocycles. The van der Waals surface area contributed by atoms with Gasteiger partial charge in [-0.3, -0.25) is 0 Å². The van der Waals surface area contributed by atoms with Crippen LogP contribution < -0.4 is 5.32 Å². The van der Waals surface area contributed by atoms with Crippen LogP contribution in [0.4, 0.5) is 0 Å². The molecule has 2 rings (SSSR count). The normalized spacial score (nSPS) is 16.1. The maximum atomic E-state index is 12.5. The summed E-state index contributed by atoms with van der Waals surface area (Å²) in [6.07, 6.45) is 3.84. The Balaban J connectivity index is 0.00000480. The Kier molecular flexibility index (Phi) is 12.3. The van der Waals surface area contributed by atoms with Gasteiger partial charge in [-0.1, -0.05) is 13.8 Å². The molecule has 1 aromatic rings. The number of aliphatic imine (C=N–C) groups is 1. The van der Waals surface area contributed by atoms with Crippen molar-refractivity contribution in [2.45, 2.75) is 53.8 Å². The fourth-order valence-corrected chi connectivity index (χ4v) is 4.60. The number of piperazine rings is 1. The molecule has 9 nitrogen and oxygen atoms in total. The number of imidazole rings is 1. The van der Waals surface area contributed by atoms with Crippen LogP contribution in [0.25, 0.3) is 0 Å². The van der Waals surface area contributed by atoms with Crippen LogP contribution in [-0.2, 0) is 27.8 Å². The number of nitrogens with one attached hydrogen (secondary N) is 1. The van der Waals surface area contributed by atoms with Crippen LogP contribution in [0.15, 0.2) is 17.4 Å². The molecule has 11 heteroatoms. The number of nitrogens with zero attached hydrogens (tertiary/aromatic N) is 5. The quantitative estimate of drug-likeness (QED) is 0.263. The molecule has 31 heavy (non-hydrogen) atoms. The van der Waals surface area contributed by atoms with Crippen molar-refractivity contribution in [3.8, 4) is 0 Å². The van der Waals surface area contributed by atoms with Gasteiger partial charge < -0.3 is 19.5 Å². The molecule has 1 aliphatic heterocycles. The molecule has 0 spiro atoms. The number of guanidine groups is 1. The Labute approximate surface area is 204 Å². The van der Waals surface area contributed by atoms with Crippen LogP contribution in [0.2, 0.25) is 0 Å². The largest absolute Gasteiger partial charge is 0.378 e. The average Bonchev–Trinajstić information content (AvgIpc) is 3.11. The van der Waals surface area contributed by atoms with Crippen LogP contribution in [0.1, 0.15) is 40.4 Å². The lowest BCUT2D eigenvalue weighted by atomic mass is 10.2. The summed E-state index contributed by atoms with van der Waals surface area (Å²) >= 11 is 0. The van der Waals surface area contributed by atoms with Crippen LogP contribution in [0, 0.1) is 5.92 Å². The van der Waals surface area contributed by atoms with Gasteiger partial charge >= 0.3 is 0 Å². The minimum atomic E-state index is -3.30. The zero-order chi connectivity index (χ0) is 22.1. The van der Waals surface area contributed by atoms with Crippen molar-refractivity contribution < 1.29 is 13.2 Å². The first-order valence-corrected chi connectivity index (χ1v) is 12.5. The molecule has 1 aliphatic rings. The first-order valence-electron chi connectivity index (χ1n) is 10.9. The molecule has 180 valence electrons. The molecule has 0 aromatic carbocycles. The van der Waals surface area contributed by atoms with Gasteiger partial charge in [0, 0.05) is 51.7 Å². The summed E-state index contributed by atoms with van der Waals surface area (Å²) in [6, 6.07) is 0. The van der Waals surface area contributed by atoms with E-state index in [0.29, 0.717) is 38.6 Å². The van der Waals surface area contributed by atoms with Gasteiger partial charge in [-0.05, 0) is 26.7 Å². The predicted molar refractivity (Wildman–Crippen MR) is 135 cm³/mol. The topological polar surface area (TPSA) is 92.1 Å². The van der Waals surface area contributed by atoms with Crippen molar-refractivity contribution in [3.63, 3.8) is 0 Å². The third-order valence-corrected chi connectivity index (χ3v) is 6.63. The third kappa shape index (κ3) is 9.22. The predicted octanol–water partition coefficient (Wildman–Crippen LogP) is 2.00. The molecular weight excluding hydrogens is 531 g/mol. The van der Waals surface area contributed by atoms with E-state index in [-0.39, 0.29) is 42.4 Å². The Morgan fingerprint density at radius 1 is 1.23 bits per heavy atom. The highest BCUT2D eigenvalue weighted by Gasteiger charge is 2.28. The average molecular weight is 571 g/mol. The first-order chi connectivity index (χ1) is 14.2. The molecule has 0 amide bonds. The summed E-state index contributed by atoms with van der Waals surface area (Å²) in [5, 5.41) is 3.33. The van der Waals surface area contributed by atoms with Crippen molar-refractivity contribution in [3.05, 3.63) is 18.2 Å². The maximum Gasteiger partial charge on any atom is 0.216 e. The minimum Gasteiger partial charge on any atom is -0.378 e. The summed E-state index contributed by atoms with van der Waals surface area (Å²) in [5.74, 6) is 2.30.